The van der Waals surface area contributed by atoms with Gasteiger partial charge in [0.05, 0.1) is 17.6 Å². The number of benzene rings is 1. The Balaban J connectivity index is 1.78. The molecule has 2 atom stereocenters. The van der Waals surface area contributed by atoms with Crippen LogP contribution in [0.5, 0.6) is 0 Å². The number of non-ortho nitro benzene ring substituents is 1. The van der Waals surface area contributed by atoms with E-state index in [1.165, 1.54) is 24.3 Å². The fourth-order valence-corrected chi connectivity index (χ4v) is 2.18. The molecule has 0 bridgehead atoms. The molecule has 1 aliphatic rings. The Morgan fingerprint density at radius 3 is 2.77 bits per heavy atom. The summed E-state index contributed by atoms with van der Waals surface area (Å²) in [7, 11) is 0. The summed E-state index contributed by atoms with van der Waals surface area (Å²) in [6.45, 7) is 2.82. The van der Waals surface area contributed by atoms with Gasteiger partial charge in [-0.3, -0.25) is 14.9 Å². The van der Waals surface area contributed by atoms with Crippen LogP contribution in [0, 0.1) is 10.1 Å². The Morgan fingerprint density at radius 2 is 2.18 bits per heavy atom. The summed E-state index contributed by atoms with van der Waals surface area (Å²) in [4.78, 5) is 22.1. The highest BCUT2D eigenvalue weighted by Crippen LogP contribution is 2.16. The molecule has 22 heavy (non-hydrogen) atoms. The molecule has 1 fully saturated rings. The second kappa shape index (κ2) is 7.86. The number of amides is 1. The Morgan fingerprint density at radius 1 is 1.45 bits per heavy atom. The van der Waals surface area contributed by atoms with Crippen LogP contribution in [0.2, 0.25) is 0 Å². The zero-order valence-electron chi connectivity index (χ0n) is 12.5. The zero-order valence-corrected chi connectivity index (χ0v) is 12.5. The minimum absolute atomic E-state index is 0.0169. The third-order valence-electron chi connectivity index (χ3n) is 3.52. The van der Waals surface area contributed by atoms with Crippen molar-refractivity contribution in [3.63, 3.8) is 0 Å². The Hall–Kier alpha value is -1.99. The van der Waals surface area contributed by atoms with Crippen molar-refractivity contribution < 1.29 is 19.2 Å². The van der Waals surface area contributed by atoms with Gasteiger partial charge in [-0.2, -0.15) is 0 Å². The highest BCUT2D eigenvalue weighted by Gasteiger charge is 2.19. The maximum atomic E-state index is 12.0. The predicted octanol–water partition coefficient (Wildman–Crippen LogP) is 2.51. The number of carbonyl (C=O) groups excluding carboxylic acids is 1. The predicted molar refractivity (Wildman–Crippen MR) is 80.7 cm³/mol. The summed E-state index contributed by atoms with van der Waals surface area (Å²) < 4.78 is 11.1. The number of nitrogens with one attached hydrogen (secondary N) is 1. The normalized spacial score (nSPS) is 19.4. The number of hydrogen-bond donors (Lipinski definition) is 1. The molecule has 2 unspecified atom stereocenters. The molecule has 1 aromatic carbocycles. The molecule has 1 heterocycles. The second-order valence-corrected chi connectivity index (χ2v) is 5.26. The van der Waals surface area contributed by atoms with E-state index in [1.807, 2.05) is 0 Å². The van der Waals surface area contributed by atoms with Crippen molar-refractivity contribution in [1.82, 2.24) is 0 Å². The van der Waals surface area contributed by atoms with Crippen LogP contribution in [-0.4, -0.2) is 36.3 Å². The van der Waals surface area contributed by atoms with Crippen molar-refractivity contribution in [3.8, 4) is 0 Å². The van der Waals surface area contributed by atoms with Crippen molar-refractivity contribution in [3.05, 3.63) is 34.4 Å². The molecule has 7 nitrogen and oxygen atoms in total. The number of nitro benzene ring substituents is 1. The van der Waals surface area contributed by atoms with E-state index in [1.54, 1.807) is 6.92 Å². The van der Waals surface area contributed by atoms with E-state index < -0.39 is 11.0 Å². The van der Waals surface area contributed by atoms with Crippen LogP contribution >= 0.6 is 0 Å². The largest absolute Gasteiger partial charge is 0.376 e. The number of nitrogens with zero attached hydrogens (tertiary/aromatic N) is 1. The monoisotopic (exact) mass is 308 g/mol. The first-order chi connectivity index (χ1) is 10.6. The van der Waals surface area contributed by atoms with Crippen LogP contribution in [0.4, 0.5) is 11.4 Å². The van der Waals surface area contributed by atoms with E-state index in [0.717, 1.165) is 25.9 Å². The molecule has 0 spiro atoms. The number of nitro groups is 1. The SMILES string of the molecule is CC(OCC1CCCCO1)C(=O)Nc1ccc([N+](=O)[O-])cc1. The minimum Gasteiger partial charge on any atom is -0.376 e. The standard InChI is InChI=1S/C15H20N2O5/c1-11(22-10-14-4-2-3-9-21-14)15(18)16-12-5-7-13(8-6-12)17(19)20/h5-8,11,14H,2-4,9-10H2,1H3,(H,16,18). The molecular weight excluding hydrogens is 288 g/mol. The van der Waals surface area contributed by atoms with Gasteiger partial charge < -0.3 is 14.8 Å². The minimum atomic E-state index is -0.610. The van der Waals surface area contributed by atoms with Crippen molar-refractivity contribution in [2.75, 3.05) is 18.5 Å². The number of hydrogen-bond acceptors (Lipinski definition) is 5. The summed E-state index contributed by atoms with van der Waals surface area (Å²) in [5.41, 5.74) is 0.483. The van der Waals surface area contributed by atoms with E-state index in [2.05, 4.69) is 5.32 Å². The zero-order chi connectivity index (χ0) is 15.9. The molecule has 2 rings (SSSR count). The van der Waals surface area contributed by atoms with Crippen LogP contribution < -0.4 is 5.32 Å². The molecular formula is C15H20N2O5. The average Bonchev–Trinajstić information content (AvgIpc) is 2.54. The first-order valence-corrected chi connectivity index (χ1v) is 7.35. The summed E-state index contributed by atoms with van der Waals surface area (Å²) in [6.07, 6.45) is 2.60. The van der Waals surface area contributed by atoms with Gasteiger partial charge in [-0.15, -0.1) is 0 Å². The maximum absolute atomic E-state index is 12.0. The van der Waals surface area contributed by atoms with Gasteiger partial charge >= 0.3 is 0 Å². The van der Waals surface area contributed by atoms with Gasteiger partial charge in [0.1, 0.15) is 6.10 Å². The average molecular weight is 308 g/mol. The Bertz CT molecular complexity index is 511. The van der Waals surface area contributed by atoms with E-state index in [4.69, 9.17) is 9.47 Å². The highest BCUT2D eigenvalue weighted by molar-refractivity contribution is 5.93. The lowest BCUT2D eigenvalue weighted by Crippen LogP contribution is -2.32. The first-order valence-electron chi connectivity index (χ1n) is 7.35. The summed E-state index contributed by atoms with van der Waals surface area (Å²) >= 11 is 0. The van der Waals surface area contributed by atoms with Gasteiger partial charge in [0, 0.05) is 24.4 Å². The molecule has 1 aliphatic heterocycles. The Labute approximate surface area is 128 Å². The topological polar surface area (TPSA) is 90.7 Å². The fraction of sp³-hybridized carbons (Fsp3) is 0.533. The van der Waals surface area contributed by atoms with Gasteiger partial charge in [-0.05, 0) is 38.3 Å². The molecule has 1 aromatic rings. The first kappa shape index (κ1) is 16.4. The quantitative estimate of drug-likeness (QED) is 0.644. The van der Waals surface area contributed by atoms with E-state index in [9.17, 15) is 14.9 Å². The van der Waals surface area contributed by atoms with E-state index >= 15 is 0 Å². The van der Waals surface area contributed by atoms with Crippen LogP contribution in [0.3, 0.4) is 0 Å². The van der Waals surface area contributed by atoms with Gasteiger partial charge in [0.2, 0.25) is 0 Å². The number of carbonyl (C=O) groups is 1. The number of anilines is 1. The molecule has 7 heteroatoms. The van der Waals surface area contributed by atoms with Crippen molar-refractivity contribution in [2.45, 2.75) is 38.4 Å². The van der Waals surface area contributed by atoms with Crippen molar-refractivity contribution in [2.24, 2.45) is 0 Å². The van der Waals surface area contributed by atoms with Crippen molar-refractivity contribution >= 4 is 17.3 Å². The van der Waals surface area contributed by atoms with Gasteiger partial charge in [0.15, 0.2) is 0 Å². The molecule has 0 radical (unpaired) electrons. The lowest BCUT2D eigenvalue weighted by molar-refractivity contribution is -0.384. The van der Waals surface area contributed by atoms with Crippen LogP contribution in [-0.2, 0) is 14.3 Å². The molecule has 1 saturated heterocycles. The molecule has 120 valence electrons. The van der Waals surface area contributed by atoms with E-state index in [0.29, 0.717) is 12.3 Å². The molecule has 1 amide bonds. The summed E-state index contributed by atoms with van der Waals surface area (Å²) in [6, 6.07) is 5.67. The third-order valence-corrected chi connectivity index (χ3v) is 3.52. The lowest BCUT2D eigenvalue weighted by Gasteiger charge is -2.23. The van der Waals surface area contributed by atoms with Gasteiger partial charge in [0.25, 0.3) is 11.6 Å². The third kappa shape index (κ3) is 4.78. The molecule has 0 aromatic heterocycles. The lowest BCUT2D eigenvalue weighted by atomic mass is 10.1. The second-order valence-electron chi connectivity index (χ2n) is 5.26. The summed E-state index contributed by atoms with van der Waals surface area (Å²) in [5, 5.41) is 13.2. The molecule has 0 aliphatic carbocycles. The smallest absolute Gasteiger partial charge is 0.269 e. The number of rotatable bonds is 6. The summed E-state index contributed by atoms with van der Waals surface area (Å²) in [5.74, 6) is -0.287. The van der Waals surface area contributed by atoms with E-state index in [-0.39, 0.29) is 17.7 Å². The maximum Gasteiger partial charge on any atom is 0.269 e. The van der Waals surface area contributed by atoms with Crippen LogP contribution in [0.15, 0.2) is 24.3 Å². The number of ether oxygens (including phenoxy) is 2. The highest BCUT2D eigenvalue weighted by atomic mass is 16.6. The van der Waals surface area contributed by atoms with Crippen LogP contribution in [0.1, 0.15) is 26.2 Å². The fourth-order valence-electron chi connectivity index (χ4n) is 2.18. The molecule has 0 saturated carbocycles. The van der Waals surface area contributed by atoms with Crippen LogP contribution in [0.25, 0.3) is 0 Å². The van der Waals surface area contributed by atoms with Gasteiger partial charge in [-0.1, -0.05) is 0 Å². The van der Waals surface area contributed by atoms with Crippen molar-refractivity contribution in [1.29, 1.82) is 0 Å². The Kier molecular flexibility index (Phi) is 5.85. The van der Waals surface area contributed by atoms with Gasteiger partial charge in [-0.25, -0.2) is 0 Å². The molecule has 1 N–H and O–H groups in total.